The zero-order valence-electron chi connectivity index (χ0n) is 15.3. The smallest absolute Gasteiger partial charge is 0.301 e. The number of nitrogens with one attached hydrogen (secondary N) is 2. The van der Waals surface area contributed by atoms with Gasteiger partial charge in [0.05, 0.1) is 11.3 Å². The van der Waals surface area contributed by atoms with Gasteiger partial charge in [0.1, 0.15) is 17.6 Å². The normalized spacial score (nSPS) is 17.5. The van der Waals surface area contributed by atoms with Crippen molar-refractivity contribution < 1.29 is 26.4 Å². The van der Waals surface area contributed by atoms with E-state index < -0.39 is 45.0 Å². The molecule has 2 aromatic heterocycles. The molecule has 1 saturated heterocycles. The van der Waals surface area contributed by atoms with E-state index in [2.05, 4.69) is 26.3 Å². The summed E-state index contributed by atoms with van der Waals surface area (Å²) >= 11 is 2.41. The van der Waals surface area contributed by atoms with Crippen LogP contribution in [-0.2, 0) is 10.2 Å². The summed E-state index contributed by atoms with van der Waals surface area (Å²) in [4.78, 5) is 19.8. The van der Waals surface area contributed by atoms with Gasteiger partial charge in [-0.3, -0.25) is 9.52 Å². The van der Waals surface area contributed by atoms with E-state index in [-0.39, 0.29) is 25.1 Å². The van der Waals surface area contributed by atoms with E-state index in [0.29, 0.717) is 15.5 Å². The molecule has 0 spiro atoms. The molecule has 7 nitrogen and oxygen atoms in total. The summed E-state index contributed by atoms with van der Waals surface area (Å²) in [7, 11) is -4.27. The highest BCUT2D eigenvalue weighted by Gasteiger charge is 2.33. The summed E-state index contributed by atoms with van der Waals surface area (Å²) in [6.45, 7) is -0.422. The van der Waals surface area contributed by atoms with Gasteiger partial charge in [-0.25, -0.2) is 18.2 Å². The predicted molar refractivity (Wildman–Crippen MR) is 105 cm³/mol. The number of rotatable bonds is 5. The topological polar surface area (TPSA) is 95.2 Å². The van der Waals surface area contributed by atoms with E-state index >= 15 is 4.39 Å². The number of aromatic nitrogens is 2. The van der Waals surface area contributed by atoms with Crippen molar-refractivity contribution in [2.75, 3.05) is 17.8 Å². The van der Waals surface area contributed by atoms with Crippen LogP contribution in [-0.4, -0.2) is 64.0 Å². The van der Waals surface area contributed by atoms with Crippen LogP contribution in [0.5, 0.6) is 0 Å². The molecule has 4 rings (SSSR count). The predicted octanol–water partition coefficient (Wildman–Crippen LogP) is 1.57. The van der Waals surface area contributed by atoms with E-state index in [1.807, 2.05) is 4.72 Å². The number of pyridine rings is 1. The number of aromatic amines is 1. The van der Waals surface area contributed by atoms with E-state index in [9.17, 15) is 22.0 Å². The molecule has 3 radical (unpaired) electrons. The third-order valence-electron chi connectivity index (χ3n) is 4.79. The highest BCUT2D eigenvalue weighted by molar-refractivity contribution is 7.90. The van der Waals surface area contributed by atoms with Crippen molar-refractivity contribution in [2.24, 2.45) is 0 Å². The van der Waals surface area contributed by atoms with E-state index in [0.717, 1.165) is 16.4 Å². The largest absolute Gasteiger partial charge is 0.523 e. The number of halogens is 3. The molecule has 30 heavy (non-hydrogen) atoms. The lowest BCUT2D eigenvalue weighted by Gasteiger charge is -2.18. The lowest BCUT2D eigenvalue weighted by Crippen LogP contribution is -2.34. The maximum atomic E-state index is 15.0. The molecular formula is C18H14AlF3N4O3S-. The number of ketones is 1. The average Bonchev–Trinajstić information content (AvgIpc) is 3.30. The first-order valence-electron chi connectivity index (χ1n) is 8.84. The summed E-state index contributed by atoms with van der Waals surface area (Å²) in [6.07, 6.45) is 1.54. The second kappa shape index (κ2) is 7.70. The average molecular weight is 450 g/mol. The van der Waals surface area contributed by atoms with Gasteiger partial charge in [0.15, 0.2) is 5.82 Å². The number of carbonyl (C=O) groups excluding carboxylic acids is 1. The molecule has 0 amide bonds. The third-order valence-corrected chi connectivity index (χ3v) is 6.59. The molecule has 3 aromatic rings. The number of carbonyl (C=O) groups is 1. The number of fused-ring (bicyclic) bond motifs is 1. The summed E-state index contributed by atoms with van der Waals surface area (Å²) < 4.78 is 71.0. The molecule has 1 atom stereocenters. The van der Waals surface area contributed by atoms with Crippen molar-refractivity contribution in [1.29, 1.82) is 0 Å². The number of H-pyrrole nitrogens is 1. The minimum atomic E-state index is -4.27. The van der Waals surface area contributed by atoms with E-state index in [1.54, 1.807) is 6.07 Å². The maximum absolute atomic E-state index is 15.0. The Labute approximate surface area is 177 Å². The fourth-order valence-electron chi connectivity index (χ4n) is 3.29. The molecule has 12 heteroatoms. The van der Waals surface area contributed by atoms with E-state index in [4.69, 9.17) is 0 Å². The third kappa shape index (κ3) is 3.72. The monoisotopic (exact) mass is 450 g/mol. The number of hydrogen-bond donors (Lipinski definition) is 2. The van der Waals surface area contributed by atoms with Crippen LogP contribution in [0.2, 0.25) is 0 Å². The lowest BCUT2D eigenvalue weighted by atomic mass is 10.0. The fraction of sp³-hybridized carbons (Fsp3) is 0.222. The molecule has 2 N–H and O–H groups in total. The fourth-order valence-corrected chi connectivity index (χ4v) is 4.80. The van der Waals surface area contributed by atoms with Crippen LogP contribution >= 0.6 is 0 Å². The molecule has 3 heterocycles. The van der Waals surface area contributed by atoms with Crippen molar-refractivity contribution >= 4 is 53.4 Å². The number of hydrogen-bond acceptors (Lipinski definition) is 4. The van der Waals surface area contributed by atoms with Crippen LogP contribution < -0.4 is 9.15 Å². The first-order chi connectivity index (χ1) is 14.2. The number of nitrogens with zero attached hydrogens (tertiary/aromatic N) is 2. The first kappa shape index (κ1) is 20.9. The number of anilines is 1. The van der Waals surface area contributed by atoms with Crippen LogP contribution in [0.25, 0.3) is 11.0 Å². The minimum Gasteiger partial charge on any atom is -0.523 e. The van der Waals surface area contributed by atoms with Crippen LogP contribution in [0.1, 0.15) is 22.3 Å². The second-order valence-corrected chi connectivity index (χ2v) is 9.17. The quantitative estimate of drug-likeness (QED) is 0.456. The van der Waals surface area contributed by atoms with Gasteiger partial charge in [-0.1, -0.05) is 0 Å². The molecule has 0 bridgehead atoms. The molecule has 0 saturated carbocycles. The summed E-state index contributed by atoms with van der Waals surface area (Å²) in [5.41, 5.74) is -1.17. The Morgan fingerprint density at radius 1 is 1.33 bits per heavy atom. The Balaban J connectivity index is 1.72. The van der Waals surface area contributed by atoms with Crippen LogP contribution in [0.15, 0.2) is 30.6 Å². The Morgan fingerprint density at radius 3 is 2.80 bits per heavy atom. The standard InChI is InChI=1S/C18H14F3N4O3S.Al/c19-10-5-7-25(9-10)29(27,28)24-14-4-3-13(20)15(16(14)21)17(26)12-8-23-18-11(12)2-1-6-22-18;/h2-4,6,8,10,24H,5,7,9H2,(H,22,23);/q;-1/t10-;/m1./s1. The van der Waals surface area contributed by atoms with Crippen molar-refractivity contribution in [3.8, 4) is 0 Å². The molecule has 0 aliphatic carbocycles. The molecule has 1 aliphatic rings. The van der Waals surface area contributed by atoms with Gasteiger partial charge in [-0.15, -0.1) is 6.07 Å². The van der Waals surface area contributed by atoms with Crippen LogP contribution in [0.3, 0.4) is 0 Å². The SMILES string of the molecule is O=C(c1c(F)ccc(NS(=O)(=O)N2CC[C@@H](F)C2)c1F)c1c[nH]c2nc[c]([Al-])cc12. The van der Waals surface area contributed by atoms with Crippen LogP contribution in [0, 0.1) is 11.6 Å². The van der Waals surface area contributed by atoms with Gasteiger partial charge in [0.25, 0.3) is 0 Å². The zero-order valence-corrected chi connectivity index (χ0v) is 17.3. The van der Waals surface area contributed by atoms with Crippen LogP contribution in [0.4, 0.5) is 18.9 Å². The lowest BCUT2D eigenvalue weighted by molar-refractivity contribution is 0.103. The van der Waals surface area contributed by atoms with Gasteiger partial charge in [-0.05, 0) is 24.8 Å². The van der Waals surface area contributed by atoms with Crippen molar-refractivity contribution in [3.05, 3.63) is 53.4 Å². The molecule has 1 aromatic carbocycles. The summed E-state index contributed by atoms with van der Waals surface area (Å²) in [5.74, 6) is -3.47. The Morgan fingerprint density at radius 2 is 2.10 bits per heavy atom. The maximum Gasteiger partial charge on any atom is 0.301 e. The van der Waals surface area contributed by atoms with Gasteiger partial charge in [-0.2, -0.15) is 12.7 Å². The van der Waals surface area contributed by atoms with Crippen molar-refractivity contribution in [3.63, 3.8) is 0 Å². The highest BCUT2D eigenvalue weighted by atomic mass is 32.2. The van der Waals surface area contributed by atoms with Gasteiger partial charge in [0.2, 0.25) is 5.78 Å². The molecule has 1 fully saturated rings. The van der Waals surface area contributed by atoms with Crippen molar-refractivity contribution in [2.45, 2.75) is 12.6 Å². The Kier molecular flexibility index (Phi) is 5.36. The van der Waals surface area contributed by atoms with Gasteiger partial charge >= 0.3 is 10.2 Å². The summed E-state index contributed by atoms with van der Waals surface area (Å²) in [6, 6.07) is 3.28. The first-order valence-corrected chi connectivity index (χ1v) is 10.9. The summed E-state index contributed by atoms with van der Waals surface area (Å²) in [5, 5.41) is 0.364. The Hall–Kier alpha value is -2.39. The molecule has 0 unspecified atom stereocenters. The van der Waals surface area contributed by atoms with Gasteiger partial charge < -0.3 is 25.7 Å². The molecule has 155 valence electrons. The molecule has 1 aliphatic heterocycles. The second-order valence-electron chi connectivity index (χ2n) is 6.83. The molecular weight excluding hydrogens is 436 g/mol. The zero-order chi connectivity index (χ0) is 21.6. The minimum absolute atomic E-state index is 0.0144. The Bertz CT molecular complexity index is 1270. The van der Waals surface area contributed by atoms with Crippen molar-refractivity contribution in [1.82, 2.24) is 14.3 Å². The van der Waals surface area contributed by atoms with Gasteiger partial charge in [0, 0.05) is 30.2 Å². The van der Waals surface area contributed by atoms with E-state index in [1.165, 1.54) is 12.4 Å². The number of alkyl halides is 1. The number of benzene rings is 1. The highest BCUT2D eigenvalue weighted by Crippen LogP contribution is 2.28.